The molecule has 2 aliphatic rings. The monoisotopic (exact) mass is 450 g/mol. The first kappa shape index (κ1) is 21.3. The molecule has 4 heterocycles. The minimum atomic E-state index is 0.248. The number of hydrogen-bond donors (Lipinski definition) is 0. The van der Waals surface area contributed by atoms with Crippen LogP contribution >= 0.6 is 11.3 Å². The van der Waals surface area contributed by atoms with Crippen LogP contribution < -0.4 is 4.74 Å². The molecule has 2 bridgehead atoms. The lowest BCUT2D eigenvalue weighted by Crippen LogP contribution is -2.51. The summed E-state index contributed by atoms with van der Waals surface area (Å²) in [6.45, 7) is 4.77. The summed E-state index contributed by atoms with van der Waals surface area (Å²) in [4.78, 5) is 25.4. The van der Waals surface area contributed by atoms with Gasteiger partial charge >= 0.3 is 0 Å². The van der Waals surface area contributed by atoms with Crippen molar-refractivity contribution in [2.75, 3.05) is 13.6 Å². The molecular weight excluding hydrogens is 420 g/mol. The molecule has 0 spiro atoms. The number of amides is 1. The number of rotatable bonds is 6. The van der Waals surface area contributed by atoms with E-state index in [-0.39, 0.29) is 5.91 Å². The highest BCUT2D eigenvalue weighted by Gasteiger charge is 2.42. The number of aromatic nitrogens is 2. The summed E-state index contributed by atoms with van der Waals surface area (Å²) in [5.74, 6) is 1.05. The van der Waals surface area contributed by atoms with E-state index in [0.717, 1.165) is 47.5 Å². The van der Waals surface area contributed by atoms with Crippen LogP contribution in [0, 0.1) is 6.92 Å². The van der Waals surface area contributed by atoms with E-state index in [2.05, 4.69) is 45.0 Å². The SMILES string of the molecule is CC(=O)N1C2CCC1CC(N(C)CCc1ccc(Oc3nc4ncc(C)cc4s3)cc1)C2. The number of nitrogens with zero attached hydrogens (tertiary/aromatic N) is 4. The zero-order chi connectivity index (χ0) is 22.2. The Hall–Kier alpha value is -2.51. The Bertz CT molecular complexity index is 1100. The van der Waals surface area contributed by atoms with Crippen molar-refractivity contribution in [2.24, 2.45) is 0 Å². The molecule has 32 heavy (non-hydrogen) atoms. The molecule has 1 aromatic carbocycles. The summed E-state index contributed by atoms with van der Waals surface area (Å²) >= 11 is 1.52. The van der Waals surface area contributed by atoms with Crippen LogP contribution in [0.1, 0.15) is 43.7 Å². The van der Waals surface area contributed by atoms with Gasteiger partial charge in [0.15, 0.2) is 5.65 Å². The highest BCUT2D eigenvalue weighted by atomic mass is 32.1. The molecule has 1 amide bonds. The van der Waals surface area contributed by atoms with Gasteiger partial charge in [0.1, 0.15) is 5.75 Å². The minimum Gasteiger partial charge on any atom is -0.431 e. The Balaban J connectivity index is 1.15. The van der Waals surface area contributed by atoms with Gasteiger partial charge in [-0.1, -0.05) is 23.5 Å². The Morgan fingerprint density at radius 1 is 1.22 bits per heavy atom. The normalized spacial score (nSPS) is 22.6. The lowest BCUT2D eigenvalue weighted by Gasteiger charge is -2.42. The van der Waals surface area contributed by atoms with E-state index in [9.17, 15) is 4.79 Å². The molecule has 0 radical (unpaired) electrons. The van der Waals surface area contributed by atoms with Gasteiger partial charge in [-0.05, 0) is 75.4 Å². The summed E-state index contributed by atoms with van der Waals surface area (Å²) in [5.41, 5.74) is 3.16. The van der Waals surface area contributed by atoms with Crippen LogP contribution in [-0.2, 0) is 11.2 Å². The number of fused-ring (bicyclic) bond motifs is 3. The van der Waals surface area contributed by atoms with Crippen molar-refractivity contribution in [3.63, 3.8) is 0 Å². The van der Waals surface area contributed by atoms with E-state index in [1.807, 2.05) is 25.3 Å². The van der Waals surface area contributed by atoms with E-state index >= 15 is 0 Å². The zero-order valence-electron chi connectivity index (χ0n) is 19.0. The van der Waals surface area contributed by atoms with E-state index in [1.165, 1.54) is 29.7 Å². The van der Waals surface area contributed by atoms with Gasteiger partial charge in [0, 0.05) is 37.8 Å². The number of carbonyl (C=O) groups is 1. The number of carbonyl (C=O) groups excluding carboxylic acids is 1. The second-order valence-electron chi connectivity index (χ2n) is 9.23. The number of piperidine rings is 1. The van der Waals surface area contributed by atoms with Gasteiger partial charge in [-0.25, -0.2) is 4.98 Å². The molecule has 5 rings (SSSR count). The molecule has 2 atom stereocenters. The van der Waals surface area contributed by atoms with Crippen molar-refractivity contribution in [3.8, 4) is 10.9 Å². The van der Waals surface area contributed by atoms with Crippen molar-refractivity contribution in [3.05, 3.63) is 47.7 Å². The van der Waals surface area contributed by atoms with Crippen LogP contribution in [0.5, 0.6) is 10.9 Å². The average Bonchev–Trinajstić information content (AvgIpc) is 3.29. The molecule has 2 aliphatic heterocycles. The topological polar surface area (TPSA) is 58.6 Å². The van der Waals surface area contributed by atoms with Gasteiger partial charge in [-0.15, -0.1) is 0 Å². The number of aryl methyl sites for hydroxylation is 1. The predicted octanol–water partition coefficient (Wildman–Crippen LogP) is 4.81. The molecule has 6 nitrogen and oxygen atoms in total. The summed E-state index contributed by atoms with van der Waals surface area (Å²) in [6, 6.07) is 11.9. The Morgan fingerprint density at radius 3 is 2.62 bits per heavy atom. The third-order valence-electron chi connectivity index (χ3n) is 6.94. The first-order valence-corrected chi connectivity index (χ1v) is 12.3. The number of thiazole rings is 1. The molecule has 7 heteroatoms. The second-order valence-corrected chi connectivity index (χ2v) is 10.2. The summed E-state index contributed by atoms with van der Waals surface area (Å²) in [6.07, 6.45) is 7.38. The van der Waals surface area contributed by atoms with Gasteiger partial charge in [-0.3, -0.25) is 4.79 Å². The van der Waals surface area contributed by atoms with Crippen LogP contribution in [-0.4, -0.2) is 57.4 Å². The van der Waals surface area contributed by atoms with Crippen molar-refractivity contribution in [1.29, 1.82) is 0 Å². The standard InChI is InChI=1S/C25H30N4O2S/c1-16-12-23-24(26-15-16)27-25(32-23)31-22-8-4-18(5-9-22)10-11-28(3)21-13-19-6-7-20(14-21)29(19)17(2)30/h4-5,8-9,12,15,19-21H,6-7,10-11,13-14H2,1-3H3. The van der Waals surface area contributed by atoms with Crippen LogP contribution in [0.15, 0.2) is 36.5 Å². The van der Waals surface area contributed by atoms with Crippen molar-refractivity contribution < 1.29 is 9.53 Å². The fourth-order valence-corrected chi connectivity index (χ4v) is 6.17. The maximum atomic E-state index is 11.9. The molecule has 0 saturated carbocycles. The fraction of sp³-hybridized carbons (Fsp3) is 0.480. The Kier molecular flexibility index (Phi) is 5.86. The molecule has 2 aromatic heterocycles. The molecule has 2 unspecified atom stereocenters. The molecule has 168 valence electrons. The van der Waals surface area contributed by atoms with Gasteiger partial charge in [0.25, 0.3) is 5.19 Å². The molecular formula is C25H30N4O2S. The van der Waals surface area contributed by atoms with E-state index in [0.29, 0.717) is 23.3 Å². The van der Waals surface area contributed by atoms with Gasteiger partial charge in [-0.2, -0.15) is 4.98 Å². The van der Waals surface area contributed by atoms with Crippen molar-refractivity contribution in [2.45, 2.75) is 64.1 Å². The van der Waals surface area contributed by atoms with Crippen LogP contribution in [0.25, 0.3) is 10.3 Å². The highest BCUT2D eigenvalue weighted by molar-refractivity contribution is 7.20. The summed E-state index contributed by atoms with van der Waals surface area (Å²) < 4.78 is 7.01. The number of pyridine rings is 1. The third-order valence-corrected chi connectivity index (χ3v) is 7.81. The lowest BCUT2D eigenvalue weighted by molar-refractivity contribution is -0.134. The summed E-state index contributed by atoms with van der Waals surface area (Å²) in [5, 5.41) is 0.622. The Morgan fingerprint density at radius 2 is 1.94 bits per heavy atom. The van der Waals surface area contributed by atoms with E-state index < -0.39 is 0 Å². The van der Waals surface area contributed by atoms with Crippen LogP contribution in [0.2, 0.25) is 0 Å². The third kappa shape index (κ3) is 4.36. The molecule has 0 N–H and O–H groups in total. The molecule has 2 fully saturated rings. The van der Waals surface area contributed by atoms with Crippen LogP contribution in [0.4, 0.5) is 0 Å². The first-order valence-electron chi connectivity index (χ1n) is 11.5. The van der Waals surface area contributed by atoms with E-state index in [1.54, 1.807) is 6.92 Å². The maximum absolute atomic E-state index is 11.9. The fourth-order valence-electron chi connectivity index (χ4n) is 5.28. The zero-order valence-corrected chi connectivity index (χ0v) is 19.8. The first-order chi connectivity index (χ1) is 15.5. The van der Waals surface area contributed by atoms with Crippen molar-refractivity contribution >= 4 is 27.6 Å². The number of benzene rings is 1. The maximum Gasteiger partial charge on any atom is 0.281 e. The highest BCUT2D eigenvalue weighted by Crippen LogP contribution is 2.37. The second kappa shape index (κ2) is 8.79. The van der Waals surface area contributed by atoms with Gasteiger partial charge < -0.3 is 14.5 Å². The quantitative estimate of drug-likeness (QED) is 0.539. The van der Waals surface area contributed by atoms with Gasteiger partial charge in [0.2, 0.25) is 5.91 Å². The minimum absolute atomic E-state index is 0.248. The summed E-state index contributed by atoms with van der Waals surface area (Å²) in [7, 11) is 2.23. The van der Waals surface area contributed by atoms with Gasteiger partial charge in [0.05, 0.1) is 4.70 Å². The lowest BCUT2D eigenvalue weighted by atomic mass is 9.95. The Labute approximate surface area is 193 Å². The number of likely N-dealkylation sites (N-methyl/N-ethyl adjacent to an activating group) is 1. The van der Waals surface area contributed by atoms with Crippen molar-refractivity contribution in [1.82, 2.24) is 19.8 Å². The van der Waals surface area contributed by atoms with E-state index in [4.69, 9.17) is 4.74 Å². The molecule has 2 saturated heterocycles. The predicted molar refractivity (Wildman–Crippen MR) is 127 cm³/mol. The average molecular weight is 451 g/mol. The number of hydrogen-bond acceptors (Lipinski definition) is 6. The largest absolute Gasteiger partial charge is 0.431 e. The smallest absolute Gasteiger partial charge is 0.281 e. The molecule has 3 aromatic rings. The molecule has 0 aliphatic carbocycles. The van der Waals surface area contributed by atoms with Crippen LogP contribution in [0.3, 0.4) is 0 Å². The number of ether oxygens (including phenoxy) is 1.